The number of hydrogen-bond donors (Lipinski definition) is 13. The van der Waals surface area contributed by atoms with Gasteiger partial charge < -0.3 is 75.9 Å². The fraction of sp³-hybridized carbons (Fsp3) is 0.324. The number of hydrogen-bond acceptors (Lipinski definition) is 16. The Hall–Kier alpha value is -5.49. The van der Waals surface area contributed by atoms with E-state index >= 15 is 0 Å². The van der Waals surface area contributed by atoms with Crippen LogP contribution < -0.4 is 4.74 Å². The van der Waals surface area contributed by atoms with Crippen LogP contribution in [0, 0.1) is 6.92 Å². The summed E-state index contributed by atoms with van der Waals surface area (Å²) in [5, 5.41) is 141. The number of phenols is 8. The number of aliphatic hydroxyl groups excluding tert-OH is 5. The molecule has 2 aliphatic heterocycles. The van der Waals surface area contributed by atoms with Gasteiger partial charge in [0.1, 0.15) is 82.4 Å². The molecule has 6 rings (SSSR count). The zero-order chi connectivity index (χ0) is 38.6. The summed E-state index contributed by atoms with van der Waals surface area (Å²) in [5.41, 5.74) is -1.56. The highest BCUT2D eigenvalue weighted by Crippen LogP contribution is 2.58. The first-order valence-corrected chi connectivity index (χ1v) is 16.4. The molecule has 0 amide bonds. The zero-order valence-electron chi connectivity index (χ0n) is 27.9. The van der Waals surface area contributed by atoms with E-state index in [-0.39, 0.29) is 29.0 Å². The first-order chi connectivity index (χ1) is 25.0. The number of ketones is 1. The maximum Gasteiger partial charge on any atom is 0.170 e. The molecule has 0 spiro atoms. The molecule has 2 aliphatic rings. The minimum absolute atomic E-state index is 0.00963. The average Bonchev–Trinajstić information content (AvgIpc) is 3.10. The van der Waals surface area contributed by atoms with Gasteiger partial charge in [-0.05, 0) is 48.2 Å². The predicted molar refractivity (Wildman–Crippen MR) is 180 cm³/mol. The van der Waals surface area contributed by atoms with Crippen LogP contribution in [0.3, 0.4) is 0 Å². The highest BCUT2D eigenvalue weighted by atomic mass is 16.5. The van der Waals surface area contributed by atoms with Crippen molar-refractivity contribution in [1.29, 1.82) is 0 Å². The normalized spacial score (nSPS) is 25.4. The molecule has 1 fully saturated rings. The molecule has 2 heterocycles. The number of rotatable bonds is 8. The number of aromatic hydroxyl groups is 8. The minimum atomic E-state index is -2.12. The van der Waals surface area contributed by atoms with Gasteiger partial charge in [0.05, 0.1) is 18.1 Å². The lowest BCUT2D eigenvalue weighted by molar-refractivity contribution is -0.232. The van der Waals surface area contributed by atoms with Crippen molar-refractivity contribution in [3.63, 3.8) is 0 Å². The molecule has 0 aliphatic carbocycles. The molecule has 4 aromatic carbocycles. The van der Waals surface area contributed by atoms with E-state index in [9.17, 15) is 71.2 Å². The average molecular weight is 739 g/mol. The number of fused-ring (bicyclic) bond motifs is 1. The zero-order valence-corrected chi connectivity index (χ0v) is 27.9. The second-order valence-electron chi connectivity index (χ2n) is 13.2. The Morgan fingerprint density at radius 3 is 2.00 bits per heavy atom. The summed E-state index contributed by atoms with van der Waals surface area (Å²) in [5.74, 6) is -8.68. The van der Waals surface area contributed by atoms with E-state index in [2.05, 4.69) is 0 Å². The first kappa shape index (κ1) is 37.3. The summed E-state index contributed by atoms with van der Waals surface area (Å²) in [4.78, 5) is 14.0. The highest BCUT2D eigenvalue weighted by molar-refractivity contribution is 6.03. The lowest BCUT2D eigenvalue weighted by Crippen LogP contribution is -2.55. The van der Waals surface area contributed by atoms with Crippen LogP contribution in [-0.4, -0.2) is 109 Å². The quantitative estimate of drug-likeness (QED) is 0.0902. The number of aliphatic hydroxyl groups is 5. The molecule has 16 nitrogen and oxygen atoms in total. The fourth-order valence-electron chi connectivity index (χ4n) is 7.03. The first-order valence-electron chi connectivity index (χ1n) is 16.4. The van der Waals surface area contributed by atoms with Gasteiger partial charge in [0.2, 0.25) is 0 Å². The topological polar surface area (TPSA) is 299 Å². The Morgan fingerprint density at radius 1 is 0.660 bits per heavy atom. The lowest BCUT2D eigenvalue weighted by atomic mass is 9.76. The minimum Gasteiger partial charge on any atom is -0.508 e. The number of carbonyl (C=O) groups is 1. The number of benzene rings is 4. The number of ether oxygens (including phenoxy) is 2. The maximum atomic E-state index is 14.0. The van der Waals surface area contributed by atoms with Crippen molar-refractivity contribution in [3.8, 4) is 51.7 Å². The molecule has 53 heavy (non-hydrogen) atoms. The van der Waals surface area contributed by atoms with E-state index in [0.717, 1.165) is 24.3 Å². The van der Waals surface area contributed by atoms with Gasteiger partial charge in [-0.3, -0.25) is 4.79 Å². The number of phenolic OH excluding ortho intramolecular Hbond substituents is 8. The van der Waals surface area contributed by atoms with Crippen LogP contribution in [0.1, 0.15) is 68.3 Å². The van der Waals surface area contributed by atoms with Crippen molar-refractivity contribution >= 4 is 5.78 Å². The summed E-state index contributed by atoms with van der Waals surface area (Å²) in [6, 6.07) is 9.88. The Labute approximate surface area is 300 Å². The van der Waals surface area contributed by atoms with Gasteiger partial charge in [-0.15, -0.1) is 0 Å². The van der Waals surface area contributed by atoms with Gasteiger partial charge in [-0.1, -0.05) is 18.2 Å². The van der Waals surface area contributed by atoms with Gasteiger partial charge in [0.25, 0.3) is 0 Å². The van der Waals surface area contributed by atoms with Crippen LogP contribution in [0.25, 0.3) is 0 Å². The van der Waals surface area contributed by atoms with E-state index in [4.69, 9.17) is 9.47 Å². The van der Waals surface area contributed by atoms with Crippen molar-refractivity contribution in [2.45, 2.75) is 68.4 Å². The van der Waals surface area contributed by atoms with E-state index in [0.29, 0.717) is 11.1 Å². The Bertz CT molecular complexity index is 2060. The molecular formula is C37H38O16. The highest BCUT2D eigenvalue weighted by Gasteiger charge is 2.50. The van der Waals surface area contributed by atoms with Crippen LogP contribution in [-0.2, 0) is 11.2 Å². The van der Waals surface area contributed by atoms with Crippen LogP contribution in [0.4, 0.5) is 0 Å². The molecule has 8 atom stereocenters. The summed E-state index contributed by atoms with van der Waals surface area (Å²) < 4.78 is 11.6. The molecule has 13 N–H and O–H groups in total. The molecular weight excluding hydrogens is 700 g/mol. The number of aryl methyl sites for hydroxylation is 2. The second-order valence-corrected chi connectivity index (χ2v) is 13.2. The molecule has 0 saturated carbocycles. The van der Waals surface area contributed by atoms with Crippen LogP contribution >= 0.6 is 0 Å². The van der Waals surface area contributed by atoms with Gasteiger partial charge >= 0.3 is 0 Å². The summed E-state index contributed by atoms with van der Waals surface area (Å²) in [6.45, 7) is 0.729. The third kappa shape index (κ3) is 6.45. The van der Waals surface area contributed by atoms with Crippen LogP contribution in [0.15, 0.2) is 48.5 Å². The standard InChI is InChI=1S/C37H38O16/c1-13-8-14(2-5-17(13)40)3-6-19(42)25-30(46)27(32(48)28(31(25)47)37-35(51)34(50)29(45)23(12-38)53-37)26-24-21(44)10-16(39)11-22(24)52-36(33(26)49)15-4-7-18(41)20(43)9-15/h2,4-5,7-11,23,26,29,33-41,43-51H,3,6,12H2,1H3. The van der Waals surface area contributed by atoms with Crippen LogP contribution in [0.5, 0.6) is 51.7 Å². The van der Waals surface area contributed by atoms with E-state index in [1.165, 1.54) is 12.1 Å². The molecule has 16 heteroatoms. The van der Waals surface area contributed by atoms with Crippen molar-refractivity contribution in [2.24, 2.45) is 0 Å². The lowest BCUT2D eigenvalue weighted by Gasteiger charge is -2.41. The Kier molecular flexibility index (Phi) is 9.95. The molecule has 0 bridgehead atoms. The molecule has 4 aromatic rings. The van der Waals surface area contributed by atoms with Crippen molar-refractivity contribution < 1.29 is 80.7 Å². The monoisotopic (exact) mass is 738 g/mol. The van der Waals surface area contributed by atoms with Crippen molar-refractivity contribution in [1.82, 2.24) is 0 Å². The molecule has 282 valence electrons. The van der Waals surface area contributed by atoms with E-state index in [1.807, 2.05) is 0 Å². The molecule has 1 saturated heterocycles. The van der Waals surface area contributed by atoms with Gasteiger partial charge in [0, 0.05) is 29.7 Å². The van der Waals surface area contributed by atoms with Crippen LogP contribution in [0.2, 0.25) is 0 Å². The third-order valence-corrected chi connectivity index (χ3v) is 9.81. The maximum absolute atomic E-state index is 14.0. The molecule has 0 aromatic heterocycles. The Morgan fingerprint density at radius 2 is 1.34 bits per heavy atom. The predicted octanol–water partition coefficient (Wildman–Crippen LogP) is 1.60. The van der Waals surface area contributed by atoms with Gasteiger partial charge in [-0.25, -0.2) is 0 Å². The third-order valence-electron chi connectivity index (χ3n) is 9.81. The van der Waals surface area contributed by atoms with Gasteiger partial charge in [0.15, 0.2) is 23.4 Å². The Balaban J connectivity index is 1.59. The van der Waals surface area contributed by atoms with Crippen molar-refractivity contribution in [3.05, 3.63) is 87.5 Å². The summed E-state index contributed by atoms with van der Waals surface area (Å²) >= 11 is 0. The largest absolute Gasteiger partial charge is 0.508 e. The molecule has 8 unspecified atom stereocenters. The van der Waals surface area contributed by atoms with E-state index in [1.54, 1.807) is 19.1 Å². The fourth-order valence-corrected chi connectivity index (χ4v) is 7.03. The SMILES string of the molecule is Cc1cc(CCC(=O)c2c(O)c(C3OC(CO)C(O)C(O)C3O)c(O)c(C3c4c(O)cc(O)cc4OC(c4ccc(O)c(O)c4)C3O)c2O)ccc1O. The van der Waals surface area contributed by atoms with Gasteiger partial charge in [-0.2, -0.15) is 0 Å². The number of Topliss-reactive ketones (excluding diaryl/α,β-unsaturated/α-hetero) is 1. The summed E-state index contributed by atoms with van der Waals surface area (Å²) in [7, 11) is 0. The van der Waals surface area contributed by atoms with E-state index < -0.39 is 124 Å². The van der Waals surface area contributed by atoms with Crippen molar-refractivity contribution in [2.75, 3.05) is 6.61 Å². The summed E-state index contributed by atoms with van der Waals surface area (Å²) in [6.07, 6.45) is -13.4. The molecule has 0 radical (unpaired) electrons. The smallest absolute Gasteiger partial charge is 0.170 e. The second kappa shape index (κ2) is 14.1. The number of carbonyl (C=O) groups excluding carboxylic acids is 1.